The highest BCUT2D eigenvalue weighted by Gasteiger charge is 2.22. The van der Waals surface area contributed by atoms with E-state index in [4.69, 9.17) is 0 Å². The molecule has 0 aromatic carbocycles. The lowest BCUT2D eigenvalue weighted by Crippen LogP contribution is -2.20. The molecule has 1 aliphatic rings. The van der Waals surface area contributed by atoms with Crippen LogP contribution in [0.25, 0.3) is 0 Å². The Morgan fingerprint density at radius 2 is 2.47 bits per heavy atom. The van der Waals surface area contributed by atoms with E-state index >= 15 is 0 Å². The van der Waals surface area contributed by atoms with Crippen LogP contribution in [0.15, 0.2) is 12.5 Å². The second kappa shape index (κ2) is 4.77. The predicted molar refractivity (Wildman–Crippen MR) is 60.8 cm³/mol. The van der Waals surface area contributed by atoms with Crippen molar-refractivity contribution in [2.45, 2.75) is 25.9 Å². The van der Waals surface area contributed by atoms with E-state index in [2.05, 4.69) is 33.7 Å². The summed E-state index contributed by atoms with van der Waals surface area (Å²) in [5.74, 6) is 0. The van der Waals surface area contributed by atoms with Gasteiger partial charge in [-0.2, -0.15) is 0 Å². The summed E-state index contributed by atoms with van der Waals surface area (Å²) in [6, 6.07) is 0.617. The molecule has 1 N–H and O–H groups in total. The van der Waals surface area contributed by atoms with Crippen LogP contribution in [0.1, 0.15) is 25.1 Å². The molecule has 84 valence electrons. The second-order valence-electron chi connectivity index (χ2n) is 4.28. The van der Waals surface area contributed by atoms with Crippen molar-refractivity contribution in [3.63, 3.8) is 0 Å². The van der Waals surface area contributed by atoms with Gasteiger partial charge in [-0.1, -0.05) is 6.92 Å². The number of nitrogens with zero attached hydrogens (tertiary/aromatic N) is 3. The molecule has 4 heteroatoms. The van der Waals surface area contributed by atoms with E-state index in [1.54, 1.807) is 0 Å². The highest BCUT2D eigenvalue weighted by atomic mass is 15.2. The molecule has 1 unspecified atom stereocenters. The maximum absolute atomic E-state index is 4.25. The molecule has 0 radical (unpaired) electrons. The summed E-state index contributed by atoms with van der Waals surface area (Å²) in [6.07, 6.45) is 5.18. The maximum atomic E-state index is 4.25. The smallest absolute Gasteiger partial charge is 0.0951 e. The fourth-order valence-electron chi connectivity index (χ4n) is 2.19. The molecular weight excluding hydrogens is 188 g/mol. The molecule has 1 aliphatic heterocycles. The number of likely N-dealkylation sites (tertiary alicyclic amines) is 1. The lowest BCUT2D eigenvalue weighted by atomic mass is 10.2. The molecule has 1 aromatic rings. The number of hydrogen-bond donors (Lipinski definition) is 1. The zero-order valence-electron chi connectivity index (χ0n) is 9.61. The minimum Gasteiger partial charge on any atom is -0.329 e. The van der Waals surface area contributed by atoms with Crippen LogP contribution in [0.4, 0.5) is 0 Å². The SMILES string of the molecule is CCNCc1cncn1C1CCN(C)C1. The maximum Gasteiger partial charge on any atom is 0.0951 e. The molecule has 4 nitrogen and oxygen atoms in total. The number of likely N-dealkylation sites (N-methyl/N-ethyl adjacent to an activating group) is 1. The minimum atomic E-state index is 0.617. The van der Waals surface area contributed by atoms with E-state index < -0.39 is 0 Å². The first-order valence-electron chi connectivity index (χ1n) is 5.71. The Balaban J connectivity index is 2.04. The fraction of sp³-hybridized carbons (Fsp3) is 0.727. The van der Waals surface area contributed by atoms with Crippen LogP contribution < -0.4 is 5.32 Å². The third-order valence-corrected chi connectivity index (χ3v) is 3.06. The largest absolute Gasteiger partial charge is 0.329 e. The van der Waals surface area contributed by atoms with Gasteiger partial charge >= 0.3 is 0 Å². The first kappa shape index (κ1) is 10.6. The highest BCUT2D eigenvalue weighted by Crippen LogP contribution is 2.21. The molecule has 0 amide bonds. The van der Waals surface area contributed by atoms with Crippen molar-refractivity contribution in [2.24, 2.45) is 0 Å². The summed E-state index contributed by atoms with van der Waals surface area (Å²) in [5.41, 5.74) is 1.30. The van der Waals surface area contributed by atoms with Crippen LogP contribution in [0, 0.1) is 0 Å². The van der Waals surface area contributed by atoms with Crippen LogP contribution >= 0.6 is 0 Å². The minimum absolute atomic E-state index is 0.617. The van der Waals surface area contributed by atoms with Gasteiger partial charge in [0, 0.05) is 25.3 Å². The Labute approximate surface area is 91.3 Å². The highest BCUT2D eigenvalue weighted by molar-refractivity contribution is 5.01. The van der Waals surface area contributed by atoms with Gasteiger partial charge in [0.2, 0.25) is 0 Å². The van der Waals surface area contributed by atoms with E-state index in [-0.39, 0.29) is 0 Å². The molecular formula is C11H20N4. The van der Waals surface area contributed by atoms with Crippen LogP contribution in [-0.4, -0.2) is 41.1 Å². The lowest BCUT2D eigenvalue weighted by Gasteiger charge is -2.15. The van der Waals surface area contributed by atoms with Gasteiger partial charge in [-0.25, -0.2) is 4.98 Å². The first-order chi connectivity index (χ1) is 7.31. The van der Waals surface area contributed by atoms with Crippen LogP contribution in [0.5, 0.6) is 0 Å². The van der Waals surface area contributed by atoms with Crippen molar-refractivity contribution in [2.75, 3.05) is 26.7 Å². The predicted octanol–water partition coefficient (Wildman–Crippen LogP) is 0.869. The molecule has 0 bridgehead atoms. The van der Waals surface area contributed by atoms with Gasteiger partial charge in [-0.3, -0.25) is 0 Å². The molecule has 0 spiro atoms. The van der Waals surface area contributed by atoms with Gasteiger partial charge in [0.05, 0.1) is 12.0 Å². The molecule has 1 atom stereocenters. The van der Waals surface area contributed by atoms with Gasteiger partial charge in [0.1, 0.15) is 0 Å². The molecule has 0 aliphatic carbocycles. The van der Waals surface area contributed by atoms with E-state index in [0.717, 1.165) is 19.6 Å². The van der Waals surface area contributed by atoms with Crippen molar-refractivity contribution in [3.8, 4) is 0 Å². The first-order valence-corrected chi connectivity index (χ1v) is 5.71. The van der Waals surface area contributed by atoms with Gasteiger partial charge in [0.15, 0.2) is 0 Å². The average Bonchev–Trinajstić information content (AvgIpc) is 2.82. The van der Waals surface area contributed by atoms with Crippen molar-refractivity contribution < 1.29 is 0 Å². The quantitative estimate of drug-likeness (QED) is 0.797. The number of hydrogen-bond acceptors (Lipinski definition) is 3. The average molecular weight is 208 g/mol. The van der Waals surface area contributed by atoms with Crippen molar-refractivity contribution in [1.82, 2.24) is 19.8 Å². The van der Waals surface area contributed by atoms with Gasteiger partial charge in [-0.05, 0) is 26.6 Å². The third-order valence-electron chi connectivity index (χ3n) is 3.06. The third kappa shape index (κ3) is 2.38. The fourth-order valence-corrected chi connectivity index (χ4v) is 2.19. The number of rotatable bonds is 4. The summed E-state index contributed by atoms with van der Waals surface area (Å²) in [6.45, 7) is 6.41. The summed E-state index contributed by atoms with van der Waals surface area (Å²) in [7, 11) is 2.18. The number of imidazole rings is 1. The van der Waals surface area contributed by atoms with Crippen LogP contribution in [0.3, 0.4) is 0 Å². The second-order valence-corrected chi connectivity index (χ2v) is 4.28. The van der Waals surface area contributed by atoms with Crippen molar-refractivity contribution >= 4 is 0 Å². The Hall–Kier alpha value is -0.870. The molecule has 2 rings (SSSR count). The Morgan fingerprint density at radius 1 is 1.60 bits per heavy atom. The Bertz CT molecular complexity index is 307. The van der Waals surface area contributed by atoms with E-state index in [1.807, 2.05) is 12.5 Å². The zero-order valence-corrected chi connectivity index (χ0v) is 9.61. The number of nitrogens with one attached hydrogen (secondary N) is 1. The van der Waals surface area contributed by atoms with Crippen molar-refractivity contribution in [3.05, 3.63) is 18.2 Å². The monoisotopic (exact) mass is 208 g/mol. The summed E-state index contributed by atoms with van der Waals surface area (Å²) < 4.78 is 2.33. The summed E-state index contributed by atoms with van der Waals surface area (Å²) >= 11 is 0. The summed E-state index contributed by atoms with van der Waals surface area (Å²) in [4.78, 5) is 6.63. The van der Waals surface area contributed by atoms with E-state index in [9.17, 15) is 0 Å². The molecule has 1 saturated heterocycles. The number of aromatic nitrogens is 2. The molecule has 15 heavy (non-hydrogen) atoms. The van der Waals surface area contributed by atoms with Gasteiger partial charge in [-0.15, -0.1) is 0 Å². The normalized spacial score (nSPS) is 22.4. The molecule has 0 saturated carbocycles. The topological polar surface area (TPSA) is 33.1 Å². The van der Waals surface area contributed by atoms with E-state index in [1.165, 1.54) is 18.7 Å². The van der Waals surface area contributed by atoms with E-state index in [0.29, 0.717) is 6.04 Å². The van der Waals surface area contributed by atoms with Crippen LogP contribution in [-0.2, 0) is 6.54 Å². The lowest BCUT2D eigenvalue weighted by molar-refractivity contribution is 0.389. The van der Waals surface area contributed by atoms with Gasteiger partial charge in [0.25, 0.3) is 0 Å². The molecule has 1 fully saturated rings. The molecule has 2 heterocycles. The molecule has 1 aromatic heterocycles. The Kier molecular flexibility index (Phi) is 3.38. The van der Waals surface area contributed by atoms with Gasteiger partial charge < -0.3 is 14.8 Å². The van der Waals surface area contributed by atoms with Crippen LogP contribution in [0.2, 0.25) is 0 Å². The zero-order chi connectivity index (χ0) is 10.7. The van der Waals surface area contributed by atoms with Crippen molar-refractivity contribution in [1.29, 1.82) is 0 Å². The standard InChI is InChI=1S/C11H20N4/c1-3-12-6-11-7-13-9-15(11)10-4-5-14(2)8-10/h7,9-10,12H,3-6,8H2,1-2H3. The summed E-state index contributed by atoms with van der Waals surface area (Å²) in [5, 5.41) is 3.35. The Morgan fingerprint density at radius 3 is 3.13 bits per heavy atom.